The summed E-state index contributed by atoms with van der Waals surface area (Å²) in [5.74, 6) is 0.223. The first-order valence-corrected chi connectivity index (χ1v) is 22.3. The molecule has 302 valence electrons. The van der Waals surface area contributed by atoms with Crippen LogP contribution in [0.5, 0.6) is 0 Å². The standard InChI is InChI=1S/C62H44N2/c1-3-19-50(20-4-1)63(54-37-27-43-15-7-9-17-47(43)39-54)52-33-29-45(30-34-52)60-41-49-42-61(57-24-12-14-26-59(57)62(49)58-25-13-11-23-56(58)60)46-31-35-53(36-32-46)64(51-21-5-2-6-22-51)55-38-28-44-16-8-10-18-48(44)40-55/h1-31,33-42,46H,32H2. The van der Waals surface area contributed by atoms with Gasteiger partial charge in [0, 0.05) is 40.1 Å². The Hall–Kier alpha value is -8.20. The average molecular weight is 817 g/mol. The largest absolute Gasteiger partial charge is 0.311 e. The molecule has 0 amide bonds. The first kappa shape index (κ1) is 37.6. The lowest BCUT2D eigenvalue weighted by atomic mass is 9.83. The number of para-hydroxylation sites is 2. The van der Waals surface area contributed by atoms with E-state index < -0.39 is 0 Å². The summed E-state index contributed by atoms with van der Waals surface area (Å²) < 4.78 is 0. The highest BCUT2D eigenvalue weighted by Crippen LogP contribution is 2.44. The van der Waals surface area contributed by atoms with Gasteiger partial charge in [-0.3, -0.25) is 0 Å². The molecule has 1 unspecified atom stereocenters. The summed E-state index contributed by atoms with van der Waals surface area (Å²) in [5.41, 5.74) is 10.7. The highest BCUT2D eigenvalue weighted by molar-refractivity contribution is 6.24. The van der Waals surface area contributed by atoms with Crippen LogP contribution in [0.25, 0.3) is 65.0 Å². The summed E-state index contributed by atoms with van der Waals surface area (Å²) in [5, 5.41) is 12.7. The predicted molar refractivity (Wildman–Crippen MR) is 274 cm³/mol. The van der Waals surface area contributed by atoms with Crippen molar-refractivity contribution in [3.8, 4) is 11.1 Å². The van der Waals surface area contributed by atoms with Crippen LogP contribution < -0.4 is 9.80 Å². The van der Waals surface area contributed by atoms with E-state index in [0.717, 1.165) is 34.9 Å². The average Bonchev–Trinajstić information content (AvgIpc) is 3.37. The van der Waals surface area contributed by atoms with Crippen LogP contribution in [-0.4, -0.2) is 0 Å². The smallest absolute Gasteiger partial charge is 0.0468 e. The summed E-state index contributed by atoms with van der Waals surface area (Å²) >= 11 is 0. The fraction of sp³-hybridized carbons (Fsp3) is 0.0323. The lowest BCUT2D eigenvalue weighted by molar-refractivity contribution is 0.848. The van der Waals surface area contributed by atoms with Crippen molar-refractivity contribution >= 4 is 82.3 Å². The molecule has 0 heterocycles. The van der Waals surface area contributed by atoms with Crippen LogP contribution in [0.1, 0.15) is 17.9 Å². The van der Waals surface area contributed by atoms with Crippen molar-refractivity contribution in [2.45, 2.75) is 12.3 Å². The maximum Gasteiger partial charge on any atom is 0.0468 e. The van der Waals surface area contributed by atoms with E-state index in [1.54, 1.807) is 0 Å². The maximum absolute atomic E-state index is 2.48. The number of anilines is 5. The fourth-order valence-electron chi connectivity index (χ4n) is 10.0. The lowest BCUT2D eigenvalue weighted by Crippen LogP contribution is -2.17. The van der Waals surface area contributed by atoms with Gasteiger partial charge in [0.2, 0.25) is 0 Å². The summed E-state index contributed by atoms with van der Waals surface area (Å²) in [7, 11) is 0. The van der Waals surface area contributed by atoms with Crippen LogP contribution in [0.2, 0.25) is 0 Å². The highest BCUT2D eigenvalue weighted by Gasteiger charge is 2.22. The SMILES string of the molecule is C1=CC(c2cc3cc(-c4ccc(N(c5ccccc5)c5ccc6ccccc6c5)cc4)c4ccccc4c3c3ccccc23)CC=C1N(c1ccccc1)c1ccc2ccccc2c1. The second-order valence-corrected chi connectivity index (χ2v) is 16.9. The molecule has 1 atom stereocenters. The molecule has 0 bridgehead atoms. The normalized spacial score (nSPS) is 13.8. The van der Waals surface area contributed by atoms with Crippen LogP contribution >= 0.6 is 0 Å². The van der Waals surface area contributed by atoms with Gasteiger partial charge in [-0.2, -0.15) is 0 Å². The van der Waals surface area contributed by atoms with Crippen LogP contribution in [0.3, 0.4) is 0 Å². The molecule has 0 aromatic heterocycles. The highest BCUT2D eigenvalue weighted by atomic mass is 15.1. The molecule has 0 saturated heterocycles. The Bertz CT molecular complexity index is 3590. The van der Waals surface area contributed by atoms with Gasteiger partial charge in [0.1, 0.15) is 0 Å². The number of benzene rings is 11. The first-order chi connectivity index (χ1) is 31.7. The number of hydrogen-bond acceptors (Lipinski definition) is 2. The minimum atomic E-state index is 0.223. The molecule has 0 radical (unpaired) electrons. The van der Waals surface area contributed by atoms with Crippen LogP contribution in [0.15, 0.2) is 254 Å². The first-order valence-electron chi connectivity index (χ1n) is 22.3. The second-order valence-electron chi connectivity index (χ2n) is 16.9. The molecule has 64 heavy (non-hydrogen) atoms. The van der Waals surface area contributed by atoms with Crippen molar-refractivity contribution in [2.75, 3.05) is 9.80 Å². The molecular formula is C62H44N2. The zero-order valence-electron chi connectivity index (χ0n) is 35.4. The predicted octanol–water partition coefficient (Wildman–Crippen LogP) is 17.4. The minimum Gasteiger partial charge on any atom is -0.311 e. The zero-order valence-corrected chi connectivity index (χ0v) is 35.4. The zero-order chi connectivity index (χ0) is 42.4. The van der Waals surface area contributed by atoms with Crippen molar-refractivity contribution in [1.82, 2.24) is 0 Å². The number of allylic oxidation sites excluding steroid dienone is 3. The molecule has 0 saturated carbocycles. The summed E-state index contributed by atoms with van der Waals surface area (Å²) in [6, 6.07) is 84.1. The summed E-state index contributed by atoms with van der Waals surface area (Å²) in [4.78, 5) is 4.74. The van der Waals surface area contributed by atoms with Gasteiger partial charge in [-0.05, 0) is 156 Å². The van der Waals surface area contributed by atoms with E-state index in [9.17, 15) is 0 Å². The number of nitrogens with zero attached hydrogens (tertiary/aromatic N) is 2. The van der Waals surface area contributed by atoms with E-state index in [1.165, 1.54) is 76.2 Å². The third-order valence-electron chi connectivity index (χ3n) is 13.1. The number of hydrogen-bond donors (Lipinski definition) is 0. The van der Waals surface area contributed by atoms with Crippen LogP contribution in [0.4, 0.5) is 28.4 Å². The van der Waals surface area contributed by atoms with Gasteiger partial charge < -0.3 is 9.80 Å². The number of fused-ring (bicyclic) bond motifs is 7. The van der Waals surface area contributed by atoms with E-state index in [2.05, 4.69) is 259 Å². The molecule has 1 aliphatic rings. The molecule has 2 nitrogen and oxygen atoms in total. The maximum atomic E-state index is 2.48. The fourth-order valence-corrected chi connectivity index (χ4v) is 10.0. The van der Waals surface area contributed by atoms with Gasteiger partial charge in [-0.15, -0.1) is 0 Å². The third kappa shape index (κ3) is 6.68. The Morgan fingerprint density at radius 2 is 0.828 bits per heavy atom. The second kappa shape index (κ2) is 15.9. The monoisotopic (exact) mass is 816 g/mol. The minimum absolute atomic E-state index is 0.223. The van der Waals surface area contributed by atoms with E-state index in [4.69, 9.17) is 0 Å². The summed E-state index contributed by atoms with van der Waals surface area (Å²) in [6.07, 6.45) is 8.08. The van der Waals surface area contributed by atoms with E-state index >= 15 is 0 Å². The Morgan fingerprint density at radius 3 is 1.44 bits per heavy atom. The van der Waals surface area contributed by atoms with Crippen molar-refractivity contribution in [1.29, 1.82) is 0 Å². The van der Waals surface area contributed by atoms with Crippen LogP contribution in [-0.2, 0) is 0 Å². The molecule has 12 rings (SSSR count). The quantitative estimate of drug-likeness (QED) is 0.141. The van der Waals surface area contributed by atoms with E-state index in [-0.39, 0.29) is 5.92 Å². The van der Waals surface area contributed by atoms with Gasteiger partial charge >= 0.3 is 0 Å². The molecule has 0 fully saturated rings. The molecule has 0 N–H and O–H groups in total. The third-order valence-corrected chi connectivity index (χ3v) is 13.1. The van der Waals surface area contributed by atoms with Crippen molar-refractivity contribution in [2.24, 2.45) is 0 Å². The topological polar surface area (TPSA) is 6.48 Å². The van der Waals surface area contributed by atoms with E-state index in [1.807, 2.05) is 0 Å². The Morgan fingerprint density at radius 1 is 0.344 bits per heavy atom. The van der Waals surface area contributed by atoms with Gasteiger partial charge in [0.05, 0.1) is 0 Å². The van der Waals surface area contributed by atoms with Crippen molar-refractivity contribution < 1.29 is 0 Å². The van der Waals surface area contributed by atoms with Gasteiger partial charge in [0.15, 0.2) is 0 Å². The van der Waals surface area contributed by atoms with E-state index in [0.29, 0.717) is 0 Å². The van der Waals surface area contributed by atoms with Crippen molar-refractivity contribution in [3.05, 3.63) is 260 Å². The molecule has 2 heteroatoms. The summed E-state index contributed by atoms with van der Waals surface area (Å²) in [6.45, 7) is 0. The van der Waals surface area contributed by atoms with Gasteiger partial charge in [0.25, 0.3) is 0 Å². The molecule has 0 spiro atoms. The molecule has 11 aromatic rings. The van der Waals surface area contributed by atoms with Crippen molar-refractivity contribution in [3.63, 3.8) is 0 Å². The lowest BCUT2D eigenvalue weighted by Gasteiger charge is -2.29. The van der Waals surface area contributed by atoms with Crippen LogP contribution in [0, 0.1) is 0 Å². The van der Waals surface area contributed by atoms with Gasteiger partial charge in [-0.25, -0.2) is 0 Å². The molecule has 1 aliphatic carbocycles. The Balaban J connectivity index is 0.941. The molecule has 0 aliphatic heterocycles. The number of rotatable bonds is 8. The Kier molecular flexibility index (Phi) is 9.34. The molecular weight excluding hydrogens is 773 g/mol. The van der Waals surface area contributed by atoms with Gasteiger partial charge in [-0.1, -0.05) is 170 Å². The Labute approximate surface area is 373 Å². The molecule has 11 aromatic carbocycles.